The molecule has 3 nitrogen and oxygen atoms in total. The van der Waals surface area contributed by atoms with E-state index in [1.807, 2.05) is 26.0 Å². The topological polar surface area (TPSA) is 35.5 Å². The summed E-state index contributed by atoms with van der Waals surface area (Å²) in [7, 11) is 0. The first kappa shape index (κ1) is 12.7. The molecule has 1 aliphatic rings. The van der Waals surface area contributed by atoms with Crippen LogP contribution >= 0.6 is 11.3 Å². The highest BCUT2D eigenvalue weighted by atomic mass is 32.1. The monoisotopic (exact) mass is 254 g/mol. The number of aryl methyl sites for hydroxylation is 1. The molecule has 0 aliphatic carbocycles. The number of carbonyl (C=O) groups is 1. The molecule has 0 unspecified atom stereocenters. The van der Waals surface area contributed by atoms with Crippen LogP contribution in [0.5, 0.6) is 0 Å². The van der Waals surface area contributed by atoms with Crippen molar-refractivity contribution in [2.45, 2.75) is 32.3 Å². The number of hydrogen-bond acceptors (Lipinski definition) is 4. The molecule has 0 radical (unpaired) electrons. The van der Waals surface area contributed by atoms with Crippen LogP contribution in [0.1, 0.15) is 34.3 Å². The van der Waals surface area contributed by atoms with E-state index >= 15 is 0 Å². The highest BCUT2D eigenvalue weighted by Gasteiger charge is 2.41. The normalized spacial score (nSPS) is 19.2. The number of ether oxygens (including phenoxy) is 2. The fraction of sp³-hybridized carbons (Fsp3) is 0.615. The van der Waals surface area contributed by atoms with E-state index in [0.717, 1.165) is 9.75 Å². The predicted octanol–water partition coefficient (Wildman–Crippen LogP) is 2.82. The van der Waals surface area contributed by atoms with Gasteiger partial charge in [0.25, 0.3) is 0 Å². The largest absolute Gasteiger partial charge is 0.381 e. The van der Waals surface area contributed by atoms with E-state index in [4.69, 9.17) is 9.47 Å². The van der Waals surface area contributed by atoms with E-state index in [-0.39, 0.29) is 5.78 Å². The Kier molecular flexibility index (Phi) is 3.97. The quantitative estimate of drug-likeness (QED) is 0.775. The summed E-state index contributed by atoms with van der Waals surface area (Å²) >= 11 is 1.54. The molecule has 2 heterocycles. The summed E-state index contributed by atoms with van der Waals surface area (Å²) in [5.41, 5.74) is -0.649. The van der Waals surface area contributed by atoms with E-state index < -0.39 is 5.60 Å². The second-order valence-electron chi connectivity index (χ2n) is 4.28. The van der Waals surface area contributed by atoms with Crippen LogP contribution in [0.2, 0.25) is 0 Å². The maximum atomic E-state index is 12.6. The average Bonchev–Trinajstić information content (AvgIpc) is 2.76. The highest BCUT2D eigenvalue weighted by molar-refractivity contribution is 7.14. The third-order valence-corrected chi connectivity index (χ3v) is 4.10. The summed E-state index contributed by atoms with van der Waals surface area (Å²) in [4.78, 5) is 14.5. The van der Waals surface area contributed by atoms with E-state index in [9.17, 15) is 4.79 Å². The predicted molar refractivity (Wildman–Crippen MR) is 67.8 cm³/mol. The Hall–Kier alpha value is -0.710. The van der Waals surface area contributed by atoms with Crippen molar-refractivity contribution in [2.75, 3.05) is 19.8 Å². The van der Waals surface area contributed by atoms with E-state index in [0.29, 0.717) is 32.7 Å². The maximum Gasteiger partial charge on any atom is 0.204 e. The van der Waals surface area contributed by atoms with Gasteiger partial charge in [-0.25, -0.2) is 0 Å². The van der Waals surface area contributed by atoms with Crippen molar-refractivity contribution in [2.24, 2.45) is 0 Å². The van der Waals surface area contributed by atoms with Crippen LogP contribution in [0.3, 0.4) is 0 Å². The molecule has 94 valence electrons. The Balaban J connectivity index is 2.23. The lowest BCUT2D eigenvalue weighted by atomic mass is 9.88. The van der Waals surface area contributed by atoms with Gasteiger partial charge in [0.2, 0.25) is 5.78 Å². The van der Waals surface area contributed by atoms with Crippen molar-refractivity contribution in [3.8, 4) is 0 Å². The maximum absolute atomic E-state index is 12.6. The SMILES string of the molecule is CCOC1(C(=O)c2ccc(C)s2)CCOCC1. The van der Waals surface area contributed by atoms with Crippen LogP contribution in [-0.2, 0) is 9.47 Å². The summed E-state index contributed by atoms with van der Waals surface area (Å²) in [5, 5.41) is 0. The summed E-state index contributed by atoms with van der Waals surface area (Å²) in [6.07, 6.45) is 1.33. The molecule has 0 N–H and O–H groups in total. The minimum Gasteiger partial charge on any atom is -0.381 e. The van der Waals surface area contributed by atoms with Gasteiger partial charge in [-0.05, 0) is 26.0 Å². The molecule has 0 bridgehead atoms. The lowest BCUT2D eigenvalue weighted by Gasteiger charge is -2.35. The first-order chi connectivity index (χ1) is 8.18. The molecule has 1 aromatic heterocycles. The highest BCUT2D eigenvalue weighted by Crippen LogP contribution is 2.31. The van der Waals surface area contributed by atoms with Crippen LogP contribution < -0.4 is 0 Å². The van der Waals surface area contributed by atoms with Gasteiger partial charge in [-0.1, -0.05) is 0 Å². The van der Waals surface area contributed by atoms with E-state index in [1.165, 1.54) is 0 Å². The van der Waals surface area contributed by atoms with Gasteiger partial charge < -0.3 is 9.47 Å². The van der Waals surface area contributed by atoms with Gasteiger partial charge in [0.15, 0.2) is 0 Å². The van der Waals surface area contributed by atoms with Crippen molar-refractivity contribution < 1.29 is 14.3 Å². The lowest BCUT2D eigenvalue weighted by molar-refractivity contribution is -0.0820. The Morgan fingerprint density at radius 2 is 2.18 bits per heavy atom. The second kappa shape index (κ2) is 5.29. The van der Waals surface area contributed by atoms with Crippen LogP contribution in [0.25, 0.3) is 0 Å². The summed E-state index contributed by atoms with van der Waals surface area (Å²) < 4.78 is 11.1. The van der Waals surface area contributed by atoms with Gasteiger partial charge in [0.1, 0.15) is 5.60 Å². The third-order valence-electron chi connectivity index (χ3n) is 3.10. The van der Waals surface area contributed by atoms with Gasteiger partial charge in [-0.3, -0.25) is 4.79 Å². The molecular formula is C13H18O3S. The number of carbonyl (C=O) groups excluding carboxylic acids is 1. The molecule has 4 heteroatoms. The van der Waals surface area contributed by atoms with Crippen LogP contribution in [0.15, 0.2) is 12.1 Å². The van der Waals surface area contributed by atoms with E-state index in [1.54, 1.807) is 11.3 Å². The summed E-state index contributed by atoms with van der Waals surface area (Å²) in [5.74, 6) is 0.126. The van der Waals surface area contributed by atoms with Gasteiger partial charge in [-0.2, -0.15) is 0 Å². The number of rotatable bonds is 4. The van der Waals surface area contributed by atoms with Crippen LogP contribution in [0, 0.1) is 6.92 Å². The summed E-state index contributed by atoms with van der Waals surface area (Å²) in [6, 6.07) is 3.88. The van der Waals surface area contributed by atoms with Crippen molar-refractivity contribution in [3.63, 3.8) is 0 Å². The number of hydrogen-bond donors (Lipinski definition) is 0. The fourth-order valence-electron chi connectivity index (χ4n) is 2.20. The molecule has 0 spiro atoms. The zero-order valence-corrected chi connectivity index (χ0v) is 11.1. The van der Waals surface area contributed by atoms with Crippen molar-refractivity contribution in [1.82, 2.24) is 0 Å². The molecule has 1 saturated heterocycles. The van der Waals surface area contributed by atoms with Crippen molar-refractivity contribution in [1.29, 1.82) is 0 Å². The molecule has 0 saturated carbocycles. The Labute approximate surface area is 106 Å². The van der Waals surface area contributed by atoms with Crippen LogP contribution in [0.4, 0.5) is 0 Å². The third kappa shape index (κ3) is 2.59. The average molecular weight is 254 g/mol. The molecule has 0 atom stereocenters. The van der Waals surface area contributed by atoms with Crippen LogP contribution in [-0.4, -0.2) is 31.2 Å². The standard InChI is InChI=1S/C13H18O3S/c1-3-16-13(6-8-15-9-7-13)12(14)11-5-4-10(2)17-11/h4-5H,3,6-9H2,1-2H3. The molecule has 1 aromatic rings. The zero-order valence-electron chi connectivity index (χ0n) is 10.3. The smallest absolute Gasteiger partial charge is 0.204 e. The minimum absolute atomic E-state index is 0.126. The molecule has 1 aliphatic heterocycles. The van der Waals surface area contributed by atoms with Gasteiger partial charge in [0, 0.05) is 37.5 Å². The molecule has 17 heavy (non-hydrogen) atoms. The molecule has 0 aromatic carbocycles. The molecular weight excluding hydrogens is 236 g/mol. The number of Topliss-reactive ketones (excluding diaryl/α,β-unsaturated/α-hetero) is 1. The first-order valence-electron chi connectivity index (χ1n) is 6.01. The second-order valence-corrected chi connectivity index (χ2v) is 5.57. The Bertz CT molecular complexity index is 386. The van der Waals surface area contributed by atoms with Gasteiger partial charge in [-0.15, -0.1) is 11.3 Å². The number of thiophene rings is 1. The molecule has 0 amide bonds. The first-order valence-corrected chi connectivity index (χ1v) is 6.82. The summed E-state index contributed by atoms with van der Waals surface area (Å²) in [6.45, 7) is 5.73. The van der Waals surface area contributed by atoms with Gasteiger partial charge in [0.05, 0.1) is 4.88 Å². The molecule has 2 rings (SSSR count). The van der Waals surface area contributed by atoms with Crippen molar-refractivity contribution >= 4 is 17.1 Å². The number of ketones is 1. The van der Waals surface area contributed by atoms with E-state index in [2.05, 4.69) is 0 Å². The zero-order chi connectivity index (χ0) is 12.3. The van der Waals surface area contributed by atoms with Crippen molar-refractivity contribution in [3.05, 3.63) is 21.9 Å². The minimum atomic E-state index is -0.649. The Morgan fingerprint density at radius 1 is 1.47 bits per heavy atom. The molecule has 1 fully saturated rings. The lowest BCUT2D eigenvalue weighted by Crippen LogP contribution is -2.46. The van der Waals surface area contributed by atoms with Gasteiger partial charge >= 0.3 is 0 Å². The fourth-order valence-corrected chi connectivity index (χ4v) is 3.09. The Morgan fingerprint density at radius 3 is 2.71 bits per heavy atom.